The molecule has 0 N–H and O–H groups in total. The number of carbonyl (C=O) groups is 2. The van der Waals surface area contributed by atoms with Gasteiger partial charge in [-0.2, -0.15) is 0 Å². The molecule has 2 fully saturated rings. The zero-order valence-corrected chi connectivity index (χ0v) is 20.8. The van der Waals surface area contributed by atoms with Crippen LogP contribution in [0.3, 0.4) is 0 Å². The third-order valence-corrected chi connectivity index (χ3v) is 9.02. The number of hydrogen-bond donors (Lipinski definition) is 0. The van der Waals surface area contributed by atoms with Crippen molar-refractivity contribution in [3.8, 4) is 16.9 Å². The van der Waals surface area contributed by atoms with Gasteiger partial charge in [0.1, 0.15) is 11.5 Å². The van der Waals surface area contributed by atoms with Crippen LogP contribution in [0.25, 0.3) is 11.1 Å². The van der Waals surface area contributed by atoms with E-state index in [2.05, 4.69) is 42.5 Å². The largest absolute Gasteiger partial charge is 0.492 e. The van der Waals surface area contributed by atoms with Gasteiger partial charge in [0, 0.05) is 37.4 Å². The topological polar surface area (TPSA) is 46.6 Å². The van der Waals surface area contributed by atoms with E-state index in [0.717, 1.165) is 68.0 Å². The number of piperidine rings is 1. The van der Waals surface area contributed by atoms with Crippen LogP contribution in [0.1, 0.15) is 46.5 Å². The fraction of sp³-hybridized carbons (Fsp3) is 0.400. The molecule has 180 valence electrons. The molecule has 1 saturated carbocycles. The van der Waals surface area contributed by atoms with E-state index in [1.165, 1.54) is 28.0 Å². The third kappa shape index (κ3) is 4.54. The molecular formula is C30H31NO3S. The van der Waals surface area contributed by atoms with Crippen molar-refractivity contribution >= 4 is 23.0 Å². The maximum Gasteiger partial charge on any atom is 0.263 e. The summed E-state index contributed by atoms with van der Waals surface area (Å²) < 4.78 is 5.92. The Labute approximate surface area is 210 Å². The lowest BCUT2D eigenvalue weighted by Crippen LogP contribution is -2.39. The molecule has 1 amide bonds. The summed E-state index contributed by atoms with van der Waals surface area (Å²) >= 11 is 1.51. The van der Waals surface area contributed by atoms with Crippen molar-refractivity contribution < 1.29 is 14.3 Å². The van der Waals surface area contributed by atoms with E-state index in [1.54, 1.807) is 0 Å². The highest BCUT2D eigenvalue weighted by molar-refractivity contribution is 7.12. The van der Waals surface area contributed by atoms with Crippen molar-refractivity contribution in [3.63, 3.8) is 0 Å². The second-order valence-corrected chi connectivity index (χ2v) is 11.2. The smallest absolute Gasteiger partial charge is 0.263 e. The Bertz CT molecular complexity index is 1230. The van der Waals surface area contributed by atoms with Crippen LogP contribution in [0.15, 0.2) is 60.0 Å². The summed E-state index contributed by atoms with van der Waals surface area (Å²) in [5, 5.41) is 1.96. The Morgan fingerprint density at radius 3 is 2.71 bits per heavy atom. The van der Waals surface area contributed by atoms with Crippen molar-refractivity contribution in [1.29, 1.82) is 0 Å². The predicted molar refractivity (Wildman–Crippen MR) is 139 cm³/mol. The molecule has 1 saturated heterocycles. The van der Waals surface area contributed by atoms with E-state index < -0.39 is 0 Å². The fourth-order valence-electron chi connectivity index (χ4n) is 6.28. The van der Waals surface area contributed by atoms with Crippen molar-refractivity contribution in [1.82, 2.24) is 4.90 Å². The Kier molecular flexibility index (Phi) is 6.19. The third-order valence-electron chi connectivity index (χ3n) is 8.17. The molecule has 2 atom stereocenters. The van der Waals surface area contributed by atoms with Gasteiger partial charge in [0.2, 0.25) is 0 Å². The molecule has 2 aromatic carbocycles. The summed E-state index contributed by atoms with van der Waals surface area (Å²) in [5.41, 5.74) is 4.84. The van der Waals surface area contributed by atoms with E-state index in [0.29, 0.717) is 24.0 Å². The zero-order valence-electron chi connectivity index (χ0n) is 19.9. The number of nitrogens with zero attached hydrogens (tertiary/aromatic N) is 1. The number of rotatable bonds is 5. The number of benzene rings is 2. The molecule has 0 spiro atoms. The van der Waals surface area contributed by atoms with Gasteiger partial charge in [-0.25, -0.2) is 0 Å². The van der Waals surface area contributed by atoms with Gasteiger partial charge in [-0.05, 0) is 65.7 Å². The van der Waals surface area contributed by atoms with Gasteiger partial charge in [-0.1, -0.05) is 48.5 Å². The van der Waals surface area contributed by atoms with Crippen LogP contribution in [0.2, 0.25) is 0 Å². The van der Waals surface area contributed by atoms with Crippen molar-refractivity contribution in [3.05, 3.63) is 76.0 Å². The summed E-state index contributed by atoms with van der Waals surface area (Å²) in [5.74, 6) is 2.71. The lowest BCUT2D eigenvalue weighted by atomic mass is 9.82. The lowest BCUT2D eigenvalue weighted by molar-refractivity contribution is -0.120. The molecule has 35 heavy (non-hydrogen) atoms. The molecule has 2 unspecified atom stereocenters. The van der Waals surface area contributed by atoms with Gasteiger partial charge in [-0.3, -0.25) is 9.59 Å². The van der Waals surface area contributed by atoms with Crippen LogP contribution in [0.4, 0.5) is 0 Å². The Morgan fingerprint density at radius 1 is 1.03 bits per heavy atom. The van der Waals surface area contributed by atoms with E-state index in [9.17, 15) is 9.59 Å². The SMILES string of the molecule is O=C1CC(C2CCN(C(=O)c3cccs3)CC2)CC1Cc1cccc(-c2cccc3c2OCC3)c1. The monoisotopic (exact) mass is 485 g/mol. The van der Waals surface area contributed by atoms with Crippen LogP contribution < -0.4 is 4.74 Å². The molecule has 6 rings (SSSR count). The maximum atomic E-state index is 13.0. The minimum absolute atomic E-state index is 0.110. The Morgan fingerprint density at radius 2 is 1.89 bits per heavy atom. The number of fused-ring (bicyclic) bond motifs is 1. The molecule has 4 nitrogen and oxygen atoms in total. The minimum Gasteiger partial charge on any atom is -0.492 e. The molecule has 0 bridgehead atoms. The number of para-hydroxylation sites is 1. The van der Waals surface area contributed by atoms with Gasteiger partial charge in [0.15, 0.2) is 0 Å². The van der Waals surface area contributed by atoms with Gasteiger partial charge in [0.25, 0.3) is 5.91 Å². The van der Waals surface area contributed by atoms with Crippen molar-refractivity contribution in [2.45, 2.75) is 38.5 Å². The normalized spacial score (nSPS) is 22.3. The Hall–Kier alpha value is -2.92. The summed E-state index contributed by atoms with van der Waals surface area (Å²) in [7, 11) is 0. The van der Waals surface area contributed by atoms with E-state index in [-0.39, 0.29) is 11.8 Å². The maximum absolute atomic E-state index is 13.0. The molecule has 3 aromatic rings. The lowest BCUT2D eigenvalue weighted by Gasteiger charge is -2.34. The van der Waals surface area contributed by atoms with E-state index in [4.69, 9.17) is 4.74 Å². The van der Waals surface area contributed by atoms with Gasteiger partial charge in [0.05, 0.1) is 11.5 Å². The Balaban J connectivity index is 1.09. The highest BCUT2D eigenvalue weighted by atomic mass is 32.1. The van der Waals surface area contributed by atoms with Crippen LogP contribution in [-0.4, -0.2) is 36.3 Å². The van der Waals surface area contributed by atoms with E-state index in [1.807, 2.05) is 22.4 Å². The van der Waals surface area contributed by atoms with Crippen LogP contribution >= 0.6 is 11.3 Å². The number of amides is 1. The number of ketones is 1. The highest BCUT2D eigenvalue weighted by Crippen LogP contribution is 2.41. The highest BCUT2D eigenvalue weighted by Gasteiger charge is 2.38. The van der Waals surface area contributed by atoms with Crippen LogP contribution in [-0.2, 0) is 17.6 Å². The fourth-order valence-corrected chi connectivity index (χ4v) is 6.98. The molecule has 0 radical (unpaired) electrons. The molecule has 2 aliphatic heterocycles. The summed E-state index contributed by atoms with van der Waals surface area (Å²) in [6.45, 7) is 2.37. The summed E-state index contributed by atoms with van der Waals surface area (Å²) in [6.07, 6.45) is 5.49. The molecular weight excluding hydrogens is 454 g/mol. The summed E-state index contributed by atoms with van der Waals surface area (Å²) in [6, 6.07) is 18.9. The first-order valence-electron chi connectivity index (χ1n) is 12.8. The first kappa shape index (κ1) is 22.5. The average Bonchev–Trinajstić information content (AvgIpc) is 3.66. The molecule has 1 aromatic heterocycles. The molecule has 5 heteroatoms. The number of likely N-dealkylation sites (tertiary alicyclic amines) is 1. The minimum atomic E-state index is 0.110. The van der Waals surface area contributed by atoms with Gasteiger partial charge >= 0.3 is 0 Å². The van der Waals surface area contributed by atoms with Gasteiger partial charge in [-0.15, -0.1) is 11.3 Å². The number of Topliss-reactive ketones (excluding diaryl/α,β-unsaturated/α-hetero) is 1. The molecule has 3 heterocycles. The number of hydrogen-bond acceptors (Lipinski definition) is 4. The first-order chi connectivity index (χ1) is 17.2. The van der Waals surface area contributed by atoms with Crippen LogP contribution in [0.5, 0.6) is 5.75 Å². The second kappa shape index (κ2) is 9.62. The number of ether oxygens (including phenoxy) is 1. The predicted octanol–water partition coefficient (Wildman–Crippen LogP) is 6.04. The molecule has 3 aliphatic rings. The van der Waals surface area contributed by atoms with Crippen molar-refractivity contribution in [2.24, 2.45) is 17.8 Å². The first-order valence-corrected chi connectivity index (χ1v) is 13.7. The second-order valence-electron chi connectivity index (χ2n) is 10.3. The molecule has 1 aliphatic carbocycles. The standard InChI is InChI=1S/C30H31NO3S/c32-27-19-24(21-9-12-31(13-10-21)30(33)28-8-3-15-35-28)18-25(27)17-20-4-1-6-23(16-20)26-7-2-5-22-11-14-34-29(22)26/h1-8,15-16,21,24-25H,9-14,17-19H2. The number of thiophene rings is 1. The van der Waals surface area contributed by atoms with Crippen molar-refractivity contribution in [2.75, 3.05) is 19.7 Å². The van der Waals surface area contributed by atoms with Crippen LogP contribution in [0, 0.1) is 17.8 Å². The summed E-state index contributed by atoms with van der Waals surface area (Å²) in [4.78, 5) is 28.5. The van der Waals surface area contributed by atoms with E-state index >= 15 is 0 Å². The van der Waals surface area contributed by atoms with Gasteiger partial charge < -0.3 is 9.64 Å². The quantitative estimate of drug-likeness (QED) is 0.443. The number of carbonyl (C=O) groups excluding carboxylic acids is 2. The average molecular weight is 486 g/mol. The zero-order chi connectivity index (χ0) is 23.8.